The second-order valence-electron chi connectivity index (χ2n) is 4.28. The number of carboxylic acid groups (broad SMARTS) is 1. The SMILES string of the molecule is Cc1nc2cc(SC(C)(C)C(=O)O)ccc2o1. The van der Waals surface area contributed by atoms with E-state index in [1.807, 2.05) is 18.2 Å². The largest absolute Gasteiger partial charge is 0.480 e. The van der Waals surface area contributed by atoms with Gasteiger partial charge in [0, 0.05) is 11.8 Å². The number of oxazole rings is 1. The lowest BCUT2D eigenvalue weighted by Crippen LogP contribution is -2.26. The van der Waals surface area contributed by atoms with Gasteiger partial charge in [-0.15, -0.1) is 11.8 Å². The van der Waals surface area contributed by atoms with Crippen LogP contribution < -0.4 is 0 Å². The van der Waals surface area contributed by atoms with Gasteiger partial charge in [-0.2, -0.15) is 0 Å². The Kier molecular flexibility index (Phi) is 2.87. The lowest BCUT2D eigenvalue weighted by atomic mass is 10.2. The number of fused-ring (bicyclic) bond motifs is 1. The molecule has 0 spiro atoms. The molecule has 1 heterocycles. The molecule has 0 fully saturated rings. The summed E-state index contributed by atoms with van der Waals surface area (Å²) in [6.07, 6.45) is 0. The molecular formula is C12H13NO3S. The molecule has 0 unspecified atom stereocenters. The Morgan fingerprint density at radius 2 is 2.18 bits per heavy atom. The normalized spacial score (nSPS) is 11.9. The van der Waals surface area contributed by atoms with Crippen LogP contribution in [-0.2, 0) is 4.79 Å². The predicted octanol–water partition coefficient (Wildman–Crippen LogP) is 3.09. The zero-order chi connectivity index (χ0) is 12.6. The second kappa shape index (κ2) is 4.07. The number of carboxylic acids is 1. The van der Waals surface area contributed by atoms with Crippen molar-refractivity contribution in [3.8, 4) is 0 Å². The van der Waals surface area contributed by atoms with Crippen LogP contribution in [0.25, 0.3) is 11.1 Å². The van der Waals surface area contributed by atoms with E-state index in [0.717, 1.165) is 16.0 Å². The minimum absolute atomic E-state index is 0.611. The van der Waals surface area contributed by atoms with Gasteiger partial charge in [0.05, 0.1) is 0 Å². The summed E-state index contributed by atoms with van der Waals surface area (Å²) >= 11 is 1.30. The van der Waals surface area contributed by atoms with Crippen LogP contribution in [0.4, 0.5) is 0 Å². The molecule has 17 heavy (non-hydrogen) atoms. The van der Waals surface area contributed by atoms with Crippen molar-refractivity contribution in [3.05, 3.63) is 24.1 Å². The number of carbonyl (C=O) groups is 1. The molecule has 0 bridgehead atoms. The Balaban J connectivity index is 2.34. The zero-order valence-corrected chi connectivity index (χ0v) is 10.7. The third-order valence-corrected chi connectivity index (χ3v) is 3.53. The van der Waals surface area contributed by atoms with Gasteiger partial charge in [0.2, 0.25) is 0 Å². The number of aliphatic carboxylic acids is 1. The average molecular weight is 251 g/mol. The first-order chi connectivity index (χ1) is 7.88. The van der Waals surface area contributed by atoms with Gasteiger partial charge in [-0.3, -0.25) is 4.79 Å². The summed E-state index contributed by atoms with van der Waals surface area (Å²) < 4.78 is 4.51. The van der Waals surface area contributed by atoms with Crippen molar-refractivity contribution in [2.45, 2.75) is 30.4 Å². The number of aromatic nitrogens is 1. The number of rotatable bonds is 3. The van der Waals surface area contributed by atoms with Crippen LogP contribution >= 0.6 is 11.8 Å². The van der Waals surface area contributed by atoms with E-state index >= 15 is 0 Å². The van der Waals surface area contributed by atoms with Crippen molar-refractivity contribution in [2.24, 2.45) is 0 Å². The molecule has 4 nitrogen and oxygen atoms in total. The monoisotopic (exact) mass is 251 g/mol. The van der Waals surface area contributed by atoms with Crippen molar-refractivity contribution in [2.75, 3.05) is 0 Å². The Morgan fingerprint density at radius 3 is 2.82 bits per heavy atom. The number of hydrogen-bond donors (Lipinski definition) is 1. The van der Waals surface area contributed by atoms with E-state index in [0.29, 0.717) is 5.89 Å². The maximum atomic E-state index is 11.0. The maximum Gasteiger partial charge on any atom is 0.319 e. The maximum absolute atomic E-state index is 11.0. The molecule has 5 heteroatoms. The highest BCUT2D eigenvalue weighted by Gasteiger charge is 2.28. The van der Waals surface area contributed by atoms with E-state index in [-0.39, 0.29) is 0 Å². The van der Waals surface area contributed by atoms with Gasteiger partial charge in [0.1, 0.15) is 10.3 Å². The van der Waals surface area contributed by atoms with Crippen LogP contribution in [0.3, 0.4) is 0 Å². The molecule has 1 N–H and O–H groups in total. The Labute approximate surface area is 103 Å². The van der Waals surface area contributed by atoms with Gasteiger partial charge >= 0.3 is 5.97 Å². The highest BCUT2D eigenvalue weighted by atomic mass is 32.2. The van der Waals surface area contributed by atoms with Gasteiger partial charge in [-0.05, 0) is 32.0 Å². The first-order valence-corrected chi connectivity index (χ1v) is 6.00. The third-order valence-electron chi connectivity index (χ3n) is 2.35. The first kappa shape index (κ1) is 12.0. The van der Waals surface area contributed by atoms with Crippen molar-refractivity contribution in [1.29, 1.82) is 0 Å². The average Bonchev–Trinajstić information content (AvgIpc) is 2.56. The molecule has 0 amide bonds. The summed E-state index contributed by atoms with van der Waals surface area (Å²) in [6.45, 7) is 5.14. The summed E-state index contributed by atoms with van der Waals surface area (Å²) in [5.74, 6) is -0.224. The van der Waals surface area contributed by atoms with Crippen molar-refractivity contribution < 1.29 is 14.3 Å². The van der Waals surface area contributed by atoms with Crippen molar-refractivity contribution in [3.63, 3.8) is 0 Å². The van der Waals surface area contributed by atoms with E-state index in [9.17, 15) is 4.79 Å². The highest BCUT2D eigenvalue weighted by molar-refractivity contribution is 8.01. The smallest absolute Gasteiger partial charge is 0.319 e. The third kappa shape index (κ3) is 2.44. The minimum atomic E-state index is -0.855. The van der Waals surface area contributed by atoms with E-state index in [2.05, 4.69) is 4.98 Å². The van der Waals surface area contributed by atoms with E-state index in [4.69, 9.17) is 9.52 Å². The van der Waals surface area contributed by atoms with E-state index in [1.165, 1.54) is 11.8 Å². The summed E-state index contributed by atoms with van der Waals surface area (Å²) in [5.41, 5.74) is 1.48. The Hall–Kier alpha value is -1.49. The van der Waals surface area contributed by atoms with Crippen molar-refractivity contribution in [1.82, 2.24) is 4.98 Å². The number of hydrogen-bond acceptors (Lipinski definition) is 4. The molecule has 2 rings (SSSR count). The number of nitrogens with zero attached hydrogens (tertiary/aromatic N) is 1. The molecule has 0 aliphatic rings. The molecule has 0 saturated heterocycles. The topological polar surface area (TPSA) is 63.3 Å². The number of aryl methyl sites for hydroxylation is 1. The molecule has 2 aromatic rings. The molecule has 0 aliphatic carbocycles. The van der Waals surface area contributed by atoms with Crippen LogP contribution in [0.1, 0.15) is 19.7 Å². The fraction of sp³-hybridized carbons (Fsp3) is 0.333. The highest BCUT2D eigenvalue weighted by Crippen LogP contribution is 2.34. The van der Waals surface area contributed by atoms with Gasteiger partial charge in [0.25, 0.3) is 0 Å². The lowest BCUT2D eigenvalue weighted by molar-refractivity contribution is -0.138. The van der Waals surface area contributed by atoms with Gasteiger partial charge in [0.15, 0.2) is 11.5 Å². The molecular weight excluding hydrogens is 238 g/mol. The quantitative estimate of drug-likeness (QED) is 0.849. The Bertz CT molecular complexity index is 574. The number of benzene rings is 1. The van der Waals surface area contributed by atoms with Crippen LogP contribution in [0, 0.1) is 6.92 Å². The fourth-order valence-electron chi connectivity index (χ4n) is 1.42. The first-order valence-electron chi connectivity index (χ1n) is 5.18. The molecule has 0 saturated carbocycles. The van der Waals surface area contributed by atoms with Gasteiger partial charge in [-0.25, -0.2) is 4.98 Å². The lowest BCUT2D eigenvalue weighted by Gasteiger charge is -2.17. The van der Waals surface area contributed by atoms with Crippen molar-refractivity contribution >= 4 is 28.8 Å². The summed E-state index contributed by atoms with van der Waals surface area (Å²) in [7, 11) is 0. The molecule has 0 radical (unpaired) electrons. The summed E-state index contributed by atoms with van der Waals surface area (Å²) in [6, 6.07) is 5.51. The minimum Gasteiger partial charge on any atom is -0.480 e. The predicted molar refractivity (Wildman–Crippen MR) is 66.3 cm³/mol. The van der Waals surface area contributed by atoms with Crippen LogP contribution in [0.15, 0.2) is 27.5 Å². The second-order valence-corrected chi connectivity index (χ2v) is 5.98. The molecule has 1 aromatic carbocycles. The van der Waals surface area contributed by atoms with Gasteiger partial charge in [-0.1, -0.05) is 0 Å². The standard InChI is InChI=1S/C12H13NO3S/c1-7-13-9-6-8(4-5-10(9)16-7)17-12(2,3)11(14)15/h4-6H,1-3H3,(H,14,15). The Morgan fingerprint density at radius 1 is 1.47 bits per heavy atom. The van der Waals surface area contributed by atoms with Gasteiger partial charge < -0.3 is 9.52 Å². The van der Waals surface area contributed by atoms with Crippen LogP contribution in [-0.4, -0.2) is 20.8 Å². The van der Waals surface area contributed by atoms with Crippen LogP contribution in [0.5, 0.6) is 0 Å². The fourth-order valence-corrected chi connectivity index (χ4v) is 2.41. The molecule has 0 aliphatic heterocycles. The van der Waals surface area contributed by atoms with E-state index in [1.54, 1.807) is 20.8 Å². The zero-order valence-electron chi connectivity index (χ0n) is 9.85. The molecule has 1 aromatic heterocycles. The van der Waals surface area contributed by atoms with E-state index < -0.39 is 10.7 Å². The van der Waals surface area contributed by atoms with Crippen LogP contribution in [0.2, 0.25) is 0 Å². The summed E-state index contributed by atoms with van der Waals surface area (Å²) in [4.78, 5) is 16.1. The number of thioether (sulfide) groups is 1. The molecule has 90 valence electrons. The summed E-state index contributed by atoms with van der Waals surface area (Å²) in [5, 5.41) is 9.06. The molecule has 0 atom stereocenters.